The van der Waals surface area contributed by atoms with Gasteiger partial charge in [0, 0.05) is 16.5 Å². The van der Waals surface area contributed by atoms with Crippen LogP contribution in [-0.4, -0.2) is 5.78 Å². The molecule has 0 saturated heterocycles. The van der Waals surface area contributed by atoms with Crippen LogP contribution in [0.4, 0.5) is 0 Å². The Morgan fingerprint density at radius 3 is 2.35 bits per heavy atom. The lowest BCUT2D eigenvalue weighted by molar-refractivity contribution is 0.0993. The third-order valence-corrected chi connectivity index (χ3v) is 3.31. The molecule has 0 unspecified atom stereocenters. The minimum atomic E-state index is 0.0397. The fraction of sp³-hybridized carbons (Fsp3) is 0.0714. The highest BCUT2D eigenvalue weighted by atomic mass is 79.9. The van der Waals surface area contributed by atoms with Crippen molar-refractivity contribution < 1.29 is 4.79 Å². The molecule has 2 rings (SSSR count). The topological polar surface area (TPSA) is 17.1 Å². The number of rotatable bonds is 3. The van der Waals surface area contributed by atoms with E-state index in [0.717, 1.165) is 10.0 Å². The second-order valence-electron chi connectivity index (χ2n) is 3.71. The summed E-state index contributed by atoms with van der Waals surface area (Å²) < 4.78 is 1.01. The zero-order valence-electron chi connectivity index (χ0n) is 8.99. The molecule has 0 aromatic heterocycles. The fourth-order valence-electron chi connectivity index (χ4n) is 1.57. The summed E-state index contributed by atoms with van der Waals surface area (Å²) in [5.74, 6) is 0.0397. The second-order valence-corrected chi connectivity index (χ2v) is 5.03. The SMILES string of the molecule is O=C(Cc1ccc(Br)cc1)c1ccccc1Cl. The number of carbonyl (C=O) groups is 1. The van der Waals surface area contributed by atoms with Gasteiger partial charge in [0.25, 0.3) is 0 Å². The molecule has 0 atom stereocenters. The summed E-state index contributed by atoms with van der Waals surface area (Å²) in [4.78, 5) is 12.0. The molecule has 0 aliphatic heterocycles. The van der Waals surface area contributed by atoms with Crippen LogP contribution in [0.25, 0.3) is 0 Å². The van der Waals surface area contributed by atoms with Crippen molar-refractivity contribution in [3.8, 4) is 0 Å². The number of halogens is 2. The maximum Gasteiger partial charge on any atom is 0.168 e. The minimum absolute atomic E-state index is 0.0397. The first-order valence-corrected chi connectivity index (χ1v) is 6.36. The van der Waals surface area contributed by atoms with Gasteiger partial charge in [0.05, 0.1) is 5.02 Å². The van der Waals surface area contributed by atoms with E-state index in [4.69, 9.17) is 11.6 Å². The van der Waals surface area contributed by atoms with E-state index in [9.17, 15) is 4.79 Å². The van der Waals surface area contributed by atoms with E-state index < -0.39 is 0 Å². The molecule has 3 heteroatoms. The summed E-state index contributed by atoms with van der Waals surface area (Å²) in [6.45, 7) is 0. The molecule has 0 N–H and O–H groups in total. The first kappa shape index (κ1) is 12.3. The summed E-state index contributed by atoms with van der Waals surface area (Å²) in [6.07, 6.45) is 0.372. The van der Waals surface area contributed by atoms with Gasteiger partial charge in [-0.15, -0.1) is 0 Å². The highest BCUT2D eigenvalue weighted by Crippen LogP contribution is 2.18. The molecule has 0 amide bonds. The van der Waals surface area contributed by atoms with Gasteiger partial charge in [0.2, 0.25) is 0 Å². The Morgan fingerprint density at radius 1 is 1.06 bits per heavy atom. The van der Waals surface area contributed by atoms with E-state index in [1.165, 1.54) is 0 Å². The van der Waals surface area contributed by atoms with Gasteiger partial charge in [-0.2, -0.15) is 0 Å². The van der Waals surface area contributed by atoms with Gasteiger partial charge >= 0.3 is 0 Å². The van der Waals surface area contributed by atoms with Crippen LogP contribution in [0.3, 0.4) is 0 Å². The average Bonchev–Trinajstić information content (AvgIpc) is 2.32. The standard InChI is InChI=1S/C14H10BrClO/c15-11-7-5-10(6-8-11)9-14(17)12-3-1-2-4-13(12)16/h1-8H,9H2. The Morgan fingerprint density at radius 2 is 1.71 bits per heavy atom. The Hall–Kier alpha value is -1.12. The van der Waals surface area contributed by atoms with Crippen LogP contribution in [-0.2, 0) is 6.42 Å². The normalized spacial score (nSPS) is 10.2. The van der Waals surface area contributed by atoms with Crippen molar-refractivity contribution >= 4 is 33.3 Å². The summed E-state index contributed by atoms with van der Waals surface area (Å²) in [5, 5.41) is 0.509. The van der Waals surface area contributed by atoms with Crippen molar-refractivity contribution in [2.45, 2.75) is 6.42 Å². The molecular formula is C14H10BrClO. The van der Waals surface area contributed by atoms with Crippen LogP contribution in [0, 0.1) is 0 Å². The van der Waals surface area contributed by atoms with Gasteiger partial charge in [-0.25, -0.2) is 0 Å². The van der Waals surface area contributed by atoms with Gasteiger partial charge < -0.3 is 0 Å². The first-order valence-electron chi connectivity index (χ1n) is 5.19. The third kappa shape index (κ3) is 3.18. The molecule has 2 aromatic rings. The number of benzene rings is 2. The lowest BCUT2D eigenvalue weighted by atomic mass is 10.0. The molecule has 0 heterocycles. The van der Waals surface area contributed by atoms with Crippen LogP contribution in [0.15, 0.2) is 53.0 Å². The largest absolute Gasteiger partial charge is 0.294 e. The average molecular weight is 310 g/mol. The van der Waals surface area contributed by atoms with Gasteiger partial charge in [0.15, 0.2) is 5.78 Å². The highest BCUT2D eigenvalue weighted by molar-refractivity contribution is 9.10. The molecule has 0 aliphatic rings. The summed E-state index contributed by atoms with van der Waals surface area (Å²) >= 11 is 9.34. The van der Waals surface area contributed by atoms with E-state index in [1.807, 2.05) is 36.4 Å². The van der Waals surface area contributed by atoms with E-state index in [0.29, 0.717) is 17.0 Å². The summed E-state index contributed by atoms with van der Waals surface area (Å²) in [5.41, 5.74) is 1.57. The molecule has 0 radical (unpaired) electrons. The van der Waals surface area contributed by atoms with Crippen molar-refractivity contribution in [3.05, 3.63) is 69.2 Å². The summed E-state index contributed by atoms with van der Waals surface area (Å²) in [6, 6.07) is 14.8. The molecule has 0 fully saturated rings. The fourth-order valence-corrected chi connectivity index (χ4v) is 2.08. The van der Waals surface area contributed by atoms with E-state index in [2.05, 4.69) is 15.9 Å². The maximum atomic E-state index is 12.0. The van der Waals surface area contributed by atoms with Crippen molar-refractivity contribution in [2.75, 3.05) is 0 Å². The third-order valence-electron chi connectivity index (χ3n) is 2.45. The Kier molecular flexibility index (Phi) is 3.97. The van der Waals surface area contributed by atoms with Gasteiger partial charge in [-0.05, 0) is 29.8 Å². The van der Waals surface area contributed by atoms with Crippen LogP contribution in [0.2, 0.25) is 5.02 Å². The molecule has 0 saturated carbocycles. The lowest BCUT2D eigenvalue weighted by Crippen LogP contribution is -2.03. The van der Waals surface area contributed by atoms with Gasteiger partial charge in [-0.3, -0.25) is 4.79 Å². The molecule has 1 nitrogen and oxygen atoms in total. The first-order chi connectivity index (χ1) is 8.16. The predicted molar refractivity (Wildman–Crippen MR) is 73.6 cm³/mol. The maximum absolute atomic E-state index is 12.0. The van der Waals surface area contributed by atoms with Crippen molar-refractivity contribution in [2.24, 2.45) is 0 Å². The van der Waals surface area contributed by atoms with Gasteiger partial charge in [-0.1, -0.05) is 51.8 Å². The second kappa shape index (κ2) is 5.48. The zero-order chi connectivity index (χ0) is 12.3. The van der Waals surface area contributed by atoms with Crippen LogP contribution < -0.4 is 0 Å². The molecule has 0 spiro atoms. The monoisotopic (exact) mass is 308 g/mol. The Balaban J connectivity index is 2.17. The molecular weight excluding hydrogens is 300 g/mol. The van der Waals surface area contributed by atoms with E-state index in [1.54, 1.807) is 12.1 Å². The minimum Gasteiger partial charge on any atom is -0.294 e. The predicted octanol–water partition coefficient (Wildman–Crippen LogP) is 4.53. The van der Waals surface area contributed by atoms with Crippen LogP contribution in [0.1, 0.15) is 15.9 Å². The Bertz CT molecular complexity index is 534. The number of hydrogen-bond donors (Lipinski definition) is 0. The zero-order valence-corrected chi connectivity index (χ0v) is 11.3. The van der Waals surface area contributed by atoms with E-state index >= 15 is 0 Å². The molecule has 17 heavy (non-hydrogen) atoms. The van der Waals surface area contributed by atoms with Crippen molar-refractivity contribution in [3.63, 3.8) is 0 Å². The number of carbonyl (C=O) groups excluding carboxylic acids is 1. The number of ketones is 1. The molecule has 0 aliphatic carbocycles. The van der Waals surface area contributed by atoms with Crippen LogP contribution >= 0.6 is 27.5 Å². The van der Waals surface area contributed by atoms with Crippen molar-refractivity contribution in [1.29, 1.82) is 0 Å². The molecule has 86 valence electrons. The Labute approximate surface area is 114 Å². The lowest BCUT2D eigenvalue weighted by Gasteiger charge is -2.03. The van der Waals surface area contributed by atoms with Gasteiger partial charge in [0.1, 0.15) is 0 Å². The van der Waals surface area contributed by atoms with E-state index in [-0.39, 0.29) is 5.78 Å². The number of hydrogen-bond acceptors (Lipinski definition) is 1. The molecule has 2 aromatic carbocycles. The summed E-state index contributed by atoms with van der Waals surface area (Å²) in [7, 11) is 0. The number of Topliss-reactive ketones (excluding diaryl/α,β-unsaturated/α-hetero) is 1. The quantitative estimate of drug-likeness (QED) is 0.761. The molecule has 0 bridgehead atoms. The van der Waals surface area contributed by atoms with Crippen LogP contribution in [0.5, 0.6) is 0 Å². The smallest absolute Gasteiger partial charge is 0.168 e. The van der Waals surface area contributed by atoms with Crippen molar-refractivity contribution in [1.82, 2.24) is 0 Å². The highest BCUT2D eigenvalue weighted by Gasteiger charge is 2.10.